The number of nitrogens with one attached hydrogen (secondary N) is 1. The number of nitrogens with zero attached hydrogens (tertiary/aromatic N) is 4. The Labute approximate surface area is 118 Å². The van der Waals surface area contributed by atoms with E-state index in [1.165, 1.54) is 4.90 Å². The summed E-state index contributed by atoms with van der Waals surface area (Å²) < 4.78 is 1.67. The third kappa shape index (κ3) is 3.86. The first-order valence-electron chi connectivity index (χ1n) is 6.99. The van der Waals surface area contributed by atoms with E-state index in [0.29, 0.717) is 38.4 Å². The van der Waals surface area contributed by atoms with Crippen molar-refractivity contribution in [1.82, 2.24) is 25.2 Å². The van der Waals surface area contributed by atoms with Crippen LogP contribution in [0.1, 0.15) is 32.4 Å². The molecule has 110 valence electrons. The van der Waals surface area contributed by atoms with Crippen LogP contribution in [0.2, 0.25) is 0 Å². The van der Waals surface area contributed by atoms with Crippen molar-refractivity contribution in [2.75, 3.05) is 13.1 Å². The van der Waals surface area contributed by atoms with Gasteiger partial charge in [-0.15, -0.1) is 5.10 Å². The highest BCUT2D eigenvalue weighted by atomic mass is 16.2. The maximum atomic E-state index is 11.5. The van der Waals surface area contributed by atoms with E-state index in [9.17, 15) is 9.59 Å². The molecule has 0 bridgehead atoms. The minimum absolute atomic E-state index is 0.0889. The Morgan fingerprint density at radius 2 is 1.95 bits per heavy atom. The third-order valence-electron chi connectivity index (χ3n) is 3.15. The molecule has 0 atom stereocenters. The number of rotatable bonds is 7. The highest BCUT2D eigenvalue weighted by Crippen LogP contribution is 2.11. The van der Waals surface area contributed by atoms with Gasteiger partial charge in [-0.1, -0.05) is 19.1 Å². The van der Waals surface area contributed by atoms with E-state index in [0.717, 1.165) is 12.2 Å². The second-order valence-electron chi connectivity index (χ2n) is 5.44. The Morgan fingerprint density at radius 1 is 1.25 bits per heavy atom. The molecule has 2 rings (SSSR count). The molecule has 1 aromatic heterocycles. The fourth-order valence-electron chi connectivity index (χ4n) is 2.09. The number of amides is 2. The van der Waals surface area contributed by atoms with Crippen LogP contribution in [0.3, 0.4) is 0 Å². The van der Waals surface area contributed by atoms with Crippen LogP contribution in [-0.4, -0.2) is 44.8 Å². The lowest BCUT2D eigenvalue weighted by atomic mass is 10.2. The summed E-state index contributed by atoms with van der Waals surface area (Å²) in [5.41, 5.74) is 0.865. The zero-order chi connectivity index (χ0) is 14.5. The van der Waals surface area contributed by atoms with Gasteiger partial charge < -0.3 is 5.32 Å². The second-order valence-corrected chi connectivity index (χ2v) is 5.44. The molecule has 0 unspecified atom stereocenters. The second kappa shape index (κ2) is 6.60. The number of hydrogen-bond donors (Lipinski definition) is 1. The summed E-state index contributed by atoms with van der Waals surface area (Å²) in [6.07, 6.45) is 2.51. The van der Waals surface area contributed by atoms with Crippen LogP contribution >= 0.6 is 0 Å². The van der Waals surface area contributed by atoms with Gasteiger partial charge >= 0.3 is 0 Å². The normalized spacial score (nSPS) is 15.7. The van der Waals surface area contributed by atoms with Crippen molar-refractivity contribution in [3.05, 3.63) is 11.9 Å². The Bertz CT molecular complexity index is 467. The average molecular weight is 279 g/mol. The van der Waals surface area contributed by atoms with Crippen LogP contribution in [-0.2, 0) is 22.7 Å². The quantitative estimate of drug-likeness (QED) is 0.720. The molecule has 20 heavy (non-hydrogen) atoms. The lowest BCUT2D eigenvalue weighted by Crippen LogP contribution is -2.32. The predicted molar refractivity (Wildman–Crippen MR) is 72.5 cm³/mol. The molecular formula is C13H21N5O2. The molecule has 7 heteroatoms. The van der Waals surface area contributed by atoms with Crippen LogP contribution in [0.5, 0.6) is 0 Å². The van der Waals surface area contributed by atoms with Crippen LogP contribution in [0.4, 0.5) is 0 Å². The Kier molecular flexibility index (Phi) is 4.84. The Balaban J connectivity index is 1.78. The van der Waals surface area contributed by atoms with Gasteiger partial charge in [-0.05, 0) is 12.5 Å². The van der Waals surface area contributed by atoms with Gasteiger partial charge in [0.15, 0.2) is 0 Å². The van der Waals surface area contributed by atoms with E-state index in [4.69, 9.17) is 0 Å². The van der Waals surface area contributed by atoms with E-state index in [1.54, 1.807) is 4.68 Å². The Morgan fingerprint density at radius 3 is 2.60 bits per heavy atom. The maximum absolute atomic E-state index is 11.5. The van der Waals surface area contributed by atoms with Crippen LogP contribution in [0.15, 0.2) is 6.20 Å². The molecule has 0 aliphatic carbocycles. The highest BCUT2D eigenvalue weighted by molar-refractivity contribution is 6.01. The van der Waals surface area contributed by atoms with Gasteiger partial charge in [-0.3, -0.25) is 19.2 Å². The number of likely N-dealkylation sites (tertiary alicyclic amines) is 1. The van der Waals surface area contributed by atoms with E-state index >= 15 is 0 Å². The summed E-state index contributed by atoms with van der Waals surface area (Å²) in [5.74, 6) is 0.417. The summed E-state index contributed by atoms with van der Waals surface area (Å²) in [6.45, 7) is 6.78. The largest absolute Gasteiger partial charge is 0.311 e. The smallest absolute Gasteiger partial charge is 0.229 e. The van der Waals surface area contributed by atoms with Gasteiger partial charge in [0.1, 0.15) is 0 Å². The van der Waals surface area contributed by atoms with Crippen molar-refractivity contribution in [3.8, 4) is 0 Å². The molecule has 0 aromatic carbocycles. The molecule has 0 saturated carbocycles. The fraction of sp³-hybridized carbons (Fsp3) is 0.692. The molecule has 7 nitrogen and oxygen atoms in total. The molecular weight excluding hydrogens is 258 g/mol. The number of hydrogen-bond acceptors (Lipinski definition) is 5. The molecule has 1 fully saturated rings. The zero-order valence-electron chi connectivity index (χ0n) is 12.0. The molecule has 1 aliphatic rings. The molecule has 0 radical (unpaired) electrons. The molecule has 2 heterocycles. The summed E-state index contributed by atoms with van der Waals surface area (Å²) in [4.78, 5) is 24.2. The topological polar surface area (TPSA) is 80.1 Å². The molecule has 1 N–H and O–H groups in total. The standard InChI is InChI=1S/C13H21N5O2/c1-10(2)7-14-8-11-9-17(16-15-11)5-6-18-12(19)3-4-13(18)20/h9-10,14H,3-8H2,1-2H3. The number of imide groups is 1. The van der Waals surface area contributed by atoms with Crippen molar-refractivity contribution < 1.29 is 9.59 Å². The van der Waals surface area contributed by atoms with Crippen molar-refractivity contribution in [2.24, 2.45) is 5.92 Å². The van der Waals surface area contributed by atoms with Crippen LogP contribution < -0.4 is 5.32 Å². The van der Waals surface area contributed by atoms with Crippen LogP contribution in [0.25, 0.3) is 0 Å². The zero-order valence-corrected chi connectivity index (χ0v) is 12.0. The first-order chi connectivity index (χ1) is 9.56. The SMILES string of the molecule is CC(C)CNCc1cn(CCN2C(=O)CCC2=O)nn1. The fourth-order valence-corrected chi connectivity index (χ4v) is 2.09. The number of carbonyl (C=O) groups excluding carboxylic acids is 2. The molecule has 1 aliphatic heterocycles. The number of carbonyl (C=O) groups is 2. The van der Waals surface area contributed by atoms with E-state index in [1.807, 2.05) is 6.20 Å². The first kappa shape index (κ1) is 14.6. The molecule has 1 aromatic rings. The predicted octanol–water partition coefficient (Wildman–Crippen LogP) is 0.173. The van der Waals surface area contributed by atoms with Gasteiger partial charge in [0, 0.05) is 32.1 Å². The van der Waals surface area contributed by atoms with Crippen molar-refractivity contribution >= 4 is 11.8 Å². The van der Waals surface area contributed by atoms with Crippen molar-refractivity contribution in [2.45, 2.75) is 39.8 Å². The van der Waals surface area contributed by atoms with Gasteiger partial charge in [-0.25, -0.2) is 0 Å². The minimum Gasteiger partial charge on any atom is -0.311 e. The molecule has 2 amide bonds. The molecule has 1 saturated heterocycles. The van der Waals surface area contributed by atoms with Gasteiger partial charge in [0.05, 0.1) is 12.2 Å². The van der Waals surface area contributed by atoms with Gasteiger partial charge in [-0.2, -0.15) is 0 Å². The van der Waals surface area contributed by atoms with E-state index < -0.39 is 0 Å². The van der Waals surface area contributed by atoms with Crippen LogP contribution in [0, 0.1) is 5.92 Å². The van der Waals surface area contributed by atoms with E-state index in [2.05, 4.69) is 29.5 Å². The Hall–Kier alpha value is -1.76. The average Bonchev–Trinajstić information content (AvgIpc) is 2.95. The number of aromatic nitrogens is 3. The summed E-state index contributed by atoms with van der Waals surface area (Å²) >= 11 is 0. The lowest BCUT2D eigenvalue weighted by molar-refractivity contribution is -0.138. The first-order valence-corrected chi connectivity index (χ1v) is 6.99. The van der Waals surface area contributed by atoms with Gasteiger partial charge in [0.2, 0.25) is 11.8 Å². The maximum Gasteiger partial charge on any atom is 0.229 e. The minimum atomic E-state index is -0.0889. The van der Waals surface area contributed by atoms with Crippen molar-refractivity contribution in [1.29, 1.82) is 0 Å². The third-order valence-corrected chi connectivity index (χ3v) is 3.15. The summed E-state index contributed by atoms with van der Waals surface area (Å²) in [7, 11) is 0. The summed E-state index contributed by atoms with van der Waals surface area (Å²) in [5, 5.41) is 11.4. The molecule has 0 spiro atoms. The van der Waals surface area contributed by atoms with E-state index in [-0.39, 0.29) is 11.8 Å². The lowest BCUT2D eigenvalue weighted by Gasteiger charge is -2.12. The monoisotopic (exact) mass is 279 g/mol. The van der Waals surface area contributed by atoms with Crippen molar-refractivity contribution in [3.63, 3.8) is 0 Å². The van der Waals surface area contributed by atoms with Gasteiger partial charge in [0.25, 0.3) is 0 Å². The summed E-state index contributed by atoms with van der Waals surface area (Å²) in [6, 6.07) is 0. The highest BCUT2D eigenvalue weighted by Gasteiger charge is 2.28.